The van der Waals surface area contributed by atoms with Gasteiger partial charge in [0.2, 0.25) is 0 Å². The Morgan fingerprint density at radius 2 is 2.10 bits per heavy atom. The van der Waals surface area contributed by atoms with Crippen molar-refractivity contribution in [2.45, 2.75) is 19.1 Å². The quantitative estimate of drug-likeness (QED) is 0.899. The van der Waals surface area contributed by atoms with E-state index in [1.165, 1.54) is 23.1 Å². The van der Waals surface area contributed by atoms with E-state index in [9.17, 15) is 18.7 Å². The van der Waals surface area contributed by atoms with Gasteiger partial charge in [0.1, 0.15) is 0 Å². The van der Waals surface area contributed by atoms with Crippen molar-refractivity contribution in [3.63, 3.8) is 0 Å². The molecule has 0 spiro atoms. The van der Waals surface area contributed by atoms with E-state index in [1.54, 1.807) is 14.0 Å². The Labute approximate surface area is 120 Å². The van der Waals surface area contributed by atoms with Crippen LogP contribution in [0.15, 0.2) is 30.6 Å². The molecule has 0 saturated heterocycles. The fourth-order valence-corrected chi connectivity index (χ4v) is 1.89. The van der Waals surface area contributed by atoms with E-state index >= 15 is 0 Å². The molecule has 1 heterocycles. The molecule has 0 saturated carbocycles. The van der Waals surface area contributed by atoms with Crippen molar-refractivity contribution < 1.29 is 18.7 Å². The predicted octanol–water partition coefficient (Wildman–Crippen LogP) is 1.55. The maximum atomic E-state index is 13.1. The molecule has 2 N–H and O–H groups in total. The lowest BCUT2D eigenvalue weighted by Gasteiger charge is -2.20. The Morgan fingerprint density at radius 1 is 1.38 bits per heavy atom. The molecule has 1 aromatic heterocycles. The number of aliphatic hydroxyl groups is 1. The molecule has 7 heteroatoms. The van der Waals surface area contributed by atoms with Crippen LogP contribution >= 0.6 is 0 Å². The molecule has 0 aliphatic rings. The Morgan fingerprint density at radius 3 is 2.67 bits per heavy atom. The molecule has 2 unspecified atom stereocenters. The van der Waals surface area contributed by atoms with Crippen molar-refractivity contribution in [1.29, 1.82) is 0 Å². The van der Waals surface area contributed by atoms with Crippen LogP contribution in [0.5, 0.6) is 0 Å². The summed E-state index contributed by atoms with van der Waals surface area (Å²) in [7, 11) is 1.68. The van der Waals surface area contributed by atoms with Gasteiger partial charge in [-0.2, -0.15) is 5.10 Å². The van der Waals surface area contributed by atoms with Gasteiger partial charge in [-0.3, -0.25) is 9.48 Å². The van der Waals surface area contributed by atoms with Crippen LogP contribution in [0.2, 0.25) is 0 Å². The van der Waals surface area contributed by atoms with E-state index in [2.05, 4.69) is 10.4 Å². The van der Waals surface area contributed by atoms with Gasteiger partial charge in [-0.25, -0.2) is 8.78 Å². The van der Waals surface area contributed by atoms with Crippen molar-refractivity contribution in [2.24, 2.45) is 7.05 Å². The number of carbonyl (C=O) groups excluding carboxylic acids is 1. The summed E-state index contributed by atoms with van der Waals surface area (Å²) in [6.45, 7) is 1.57. The number of carbonyl (C=O) groups is 1. The van der Waals surface area contributed by atoms with Gasteiger partial charge in [0, 0.05) is 13.2 Å². The maximum Gasteiger partial charge on any atom is 0.254 e. The minimum Gasteiger partial charge on any atom is -0.386 e. The minimum atomic E-state index is -1.15. The van der Waals surface area contributed by atoms with Crippen LogP contribution < -0.4 is 5.32 Å². The second-order valence-electron chi connectivity index (χ2n) is 4.78. The van der Waals surface area contributed by atoms with Gasteiger partial charge in [0.25, 0.3) is 5.91 Å². The maximum absolute atomic E-state index is 13.1. The first-order valence-electron chi connectivity index (χ1n) is 6.31. The highest BCUT2D eigenvalue weighted by Crippen LogP contribution is 2.19. The first-order chi connectivity index (χ1) is 9.88. The molecular weight excluding hydrogens is 280 g/mol. The van der Waals surface area contributed by atoms with Gasteiger partial charge < -0.3 is 10.4 Å². The van der Waals surface area contributed by atoms with Crippen molar-refractivity contribution in [2.75, 3.05) is 0 Å². The highest BCUT2D eigenvalue weighted by Gasteiger charge is 2.20. The summed E-state index contributed by atoms with van der Waals surface area (Å²) in [4.78, 5) is 11.9. The number of nitrogens with zero attached hydrogens (tertiary/aromatic N) is 2. The van der Waals surface area contributed by atoms with Gasteiger partial charge in [-0.1, -0.05) is 6.07 Å². The number of halogens is 2. The van der Waals surface area contributed by atoms with Gasteiger partial charge in [-0.15, -0.1) is 0 Å². The number of hydrogen-bond donors (Lipinski definition) is 2. The number of benzene rings is 1. The Kier molecular flexibility index (Phi) is 4.32. The fourth-order valence-electron chi connectivity index (χ4n) is 1.89. The second-order valence-corrected chi connectivity index (χ2v) is 4.78. The van der Waals surface area contributed by atoms with E-state index in [-0.39, 0.29) is 5.56 Å². The lowest BCUT2D eigenvalue weighted by molar-refractivity contribution is 0.0851. The van der Waals surface area contributed by atoms with Crippen LogP contribution in [0.4, 0.5) is 8.78 Å². The summed E-state index contributed by atoms with van der Waals surface area (Å²) in [6.07, 6.45) is 1.78. The van der Waals surface area contributed by atoms with Gasteiger partial charge in [0.05, 0.1) is 23.9 Å². The largest absolute Gasteiger partial charge is 0.386 e. The third-order valence-electron chi connectivity index (χ3n) is 3.08. The third-order valence-corrected chi connectivity index (χ3v) is 3.08. The first-order valence-corrected chi connectivity index (χ1v) is 6.31. The van der Waals surface area contributed by atoms with Crippen molar-refractivity contribution in [3.8, 4) is 0 Å². The standard InChI is InChI=1S/C14H15F2N3O2/c1-8(18-14(21)10-6-17-19(2)7-10)13(20)9-3-4-11(15)12(16)5-9/h3-8,13,20H,1-2H3,(H,18,21). The lowest BCUT2D eigenvalue weighted by atomic mass is 10.0. The molecule has 1 amide bonds. The Hall–Kier alpha value is -2.28. The Bertz CT molecular complexity index is 657. The molecule has 21 heavy (non-hydrogen) atoms. The zero-order valence-corrected chi connectivity index (χ0v) is 11.5. The molecule has 112 valence electrons. The van der Waals surface area contributed by atoms with E-state index in [0.29, 0.717) is 5.56 Å². The number of amides is 1. The Balaban J connectivity index is 2.06. The van der Waals surface area contributed by atoms with Crippen LogP contribution in [-0.2, 0) is 7.05 Å². The molecule has 0 bridgehead atoms. The third kappa shape index (κ3) is 3.43. The van der Waals surface area contributed by atoms with E-state index < -0.39 is 29.7 Å². The summed E-state index contributed by atoms with van der Waals surface area (Å²) in [5.41, 5.74) is 0.537. The second kappa shape index (κ2) is 6.01. The summed E-state index contributed by atoms with van der Waals surface area (Å²) in [5, 5.41) is 16.5. The number of nitrogens with one attached hydrogen (secondary N) is 1. The van der Waals surface area contributed by atoms with E-state index in [0.717, 1.165) is 12.1 Å². The summed E-state index contributed by atoms with van der Waals surface area (Å²) in [5.74, 6) is -2.44. The van der Waals surface area contributed by atoms with E-state index in [1.807, 2.05) is 0 Å². The number of hydrogen-bond acceptors (Lipinski definition) is 3. The SMILES string of the molecule is CC(NC(=O)c1cnn(C)c1)C(O)c1ccc(F)c(F)c1. The summed E-state index contributed by atoms with van der Waals surface area (Å²) < 4.78 is 27.5. The number of aromatic nitrogens is 2. The first kappa shape index (κ1) is 15.1. The zero-order valence-electron chi connectivity index (χ0n) is 11.5. The topological polar surface area (TPSA) is 67.2 Å². The smallest absolute Gasteiger partial charge is 0.254 e. The van der Waals surface area contributed by atoms with Gasteiger partial charge in [0.15, 0.2) is 11.6 Å². The molecule has 2 rings (SSSR count). The molecule has 1 aromatic carbocycles. The molecule has 0 aliphatic heterocycles. The highest BCUT2D eigenvalue weighted by atomic mass is 19.2. The number of aliphatic hydroxyl groups excluding tert-OH is 1. The van der Waals surface area contributed by atoms with Crippen LogP contribution in [0.1, 0.15) is 28.9 Å². The molecule has 0 aliphatic carbocycles. The van der Waals surface area contributed by atoms with Crippen molar-refractivity contribution in [3.05, 3.63) is 53.4 Å². The normalized spacial score (nSPS) is 13.8. The minimum absolute atomic E-state index is 0.188. The molecule has 2 atom stereocenters. The van der Waals surface area contributed by atoms with Gasteiger partial charge >= 0.3 is 0 Å². The summed E-state index contributed by atoms with van der Waals surface area (Å²) in [6, 6.07) is 2.44. The lowest BCUT2D eigenvalue weighted by Crippen LogP contribution is -2.37. The predicted molar refractivity (Wildman–Crippen MR) is 71.5 cm³/mol. The fraction of sp³-hybridized carbons (Fsp3) is 0.286. The van der Waals surface area contributed by atoms with E-state index in [4.69, 9.17) is 0 Å². The van der Waals surface area contributed by atoms with Gasteiger partial charge in [-0.05, 0) is 24.6 Å². The average Bonchev–Trinajstić information content (AvgIpc) is 2.87. The van der Waals surface area contributed by atoms with Crippen molar-refractivity contribution in [1.82, 2.24) is 15.1 Å². The molecular formula is C14H15F2N3O2. The number of rotatable bonds is 4. The molecule has 0 fully saturated rings. The molecule has 2 aromatic rings. The zero-order chi connectivity index (χ0) is 15.6. The van der Waals surface area contributed by atoms with Crippen LogP contribution in [0, 0.1) is 11.6 Å². The highest BCUT2D eigenvalue weighted by molar-refractivity contribution is 5.93. The van der Waals surface area contributed by atoms with Crippen molar-refractivity contribution >= 4 is 5.91 Å². The monoisotopic (exact) mass is 295 g/mol. The van der Waals surface area contributed by atoms with Crippen LogP contribution in [0.25, 0.3) is 0 Å². The number of aryl methyl sites for hydroxylation is 1. The van der Waals surface area contributed by atoms with Crippen LogP contribution in [-0.4, -0.2) is 26.8 Å². The molecule has 0 radical (unpaired) electrons. The summed E-state index contributed by atoms with van der Waals surface area (Å²) >= 11 is 0. The average molecular weight is 295 g/mol. The van der Waals surface area contributed by atoms with Crippen LogP contribution in [0.3, 0.4) is 0 Å². The molecule has 5 nitrogen and oxygen atoms in total.